The number of fused-ring (bicyclic) bond motifs is 2. The predicted octanol–water partition coefficient (Wildman–Crippen LogP) is 2.16. The maximum absolute atomic E-state index is 12.8. The van der Waals surface area contributed by atoms with Crippen LogP contribution < -0.4 is 16.7 Å². The number of likely N-dealkylation sites (tertiary alicyclic amines) is 1. The zero-order chi connectivity index (χ0) is 21.5. The van der Waals surface area contributed by atoms with E-state index in [1.165, 1.54) is 0 Å². The van der Waals surface area contributed by atoms with E-state index in [0.29, 0.717) is 16.7 Å². The zero-order valence-electron chi connectivity index (χ0n) is 17.1. The van der Waals surface area contributed by atoms with Crippen LogP contribution in [0.4, 0.5) is 5.69 Å². The van der Waals surface area contributed by atoms with Crippen molar-refractivity contribution in [1.29, 1.82) is 0 Å². The number of H-pyrrole nitrogens is 3. The lowest BCUT2D eigenvalue weighted by molar-refractivity contribution is -0.121. The van der Waals surface area contributed by atoms with E-state index in [9.17, 15) is 14.4 Å². The third-order valence-corrected chi connectivity index (χ3v) is 6.20. The molecule has 2 aromatic heterocycles. The van der Waals surface area contributed by atoms with Gasteiger partial charge in [-0.15, -0.1) is 0 Å². The molecule has 0 spiro atoms. The predicted molar refractivity (Wildman–Crippen MR) is 119 cm³/mol. The summed E-state index contributed by atoms with van der Waals surface area (Å²) in [5.74, 6) is -0.0973. The second kappa shape index (κ2) is 7.59. The van der Waals surface area contributed by atoms with Crippen LogP contribution in [0.5, 0.6) is 0 Å². The topological polar surface area (TPSA) is 119 Å². The molecule has 9 heteroatoms. The highest BCUT2D eigenvalue weighted by molar-refractivity contribution is 5.96. The van der Waals surface area contributed by atoms with Gasteiger partial charge in [0.1, 0.15) is 0 Å². The van der Waals surface area contributed by atoms with Gasteiger partial charge in [-0.1, -0.05) is 12.1 Å². The van der Waals surface area contributed by atoms with Crippen LogP contribution in [-0.2, 0) is 4.79 Å². The fourth-order valence-electron chi connectivity index (χ4n) is 4.49. The molecule has 1 amide bonds. The number of hydrogen-bond acceptors (Lipinski definition) is 4. The second-order valence-corrected chi connectivity index (χ2v) is 8.09. The number of aromatic amines is 3. The van der Waals surface area contributed by atoms with Crippen LogP contribution in [0.3, 0.4) is 0 Å². The van der Waals surface area contributed by atoms with Crippen LogP contribution in [0.2, 0.25) is 0 Å². The molecule has 160 valence electrons. The van der Waals surface area contributed by atoms with Gasteiger partial charge >= 0.3 is 11.4 Å². The lowest BCUT2D eigenvalue weighted by atomic mass is 10.0. The molecule has 1 atom stereocenters. The number of piperidine rings is 1. The van der Waals surface area contributed by atoms with Crippen LogP contribution >= 0.6 is 0 Å². The third kappa shape index (κ3) is 3.57. The van der Waals surface area contributed by atoms with Gasteiger partial charge < -0.3 is 20.3 Å². The fourth-order valence-corrected chi connectivity index (χ4v) is 4.49. The highest BCUT2D eigenvalue weighted by Gasteiger charge is 2.28. The van der Waals surface area contributed by atoms with Crippen LogP contribution in [0.1, 0.15) is 25.8 Å². The Morgan fingerprint density at radius 3 is 2.55 bits per heavy atom. The summed E-state index contributed by atoms with van der Waals surface area (Å²) < 4.78 is 1.85. The Morgan fingerprint density at radius 1 is 1.00 bits per heavy atom. The molecule has 0 radical (unpaired) electrons. The summed E-state index contributed by atoms with van der Waals surface area (Å²) in [7, 11) is 0. The molecular formula is C22H24N6O3. The zero-order valence-corrected chi connectivity index (χ0v) is 17.1. The van der Waals surface area contributed by atoms with E-state index in [0.717, 1.165) is 37.0 Å². The summed E-state index contributed by atoms with van der Waals surface area (Å²) in [6.07, 6.45) is 1.60. The monoisotopic (exact) mass is 420 g/mol. The van der Waals surface area contributed by atoms with Gasteiger partial charge in [0.25, 0.3) is 0 Å². The lowest BCUT2D eigenvalue weighted by Crippen LogP contribution is -2.46. The number of anilines is 1. The Balaban J connectivity index is 1.25. The summed E-state index contributed by atoms with van der Waals surface area (Å²) in [6.45, 7) is 3.36. The molecule has 5 rings (SSSR count). The van der Waals surface area contributed by atoms with E-state index in [1.54, 1.807) is 18.2 Å². The largest absolute Gasteiger partial charge is 0.326 e. The van der Waals surface area contributed by atoms with E-state index in [1.807, 2.05) is 35.8 Å². The second-order valence-electron chi connectivity index (χ2n) is 8.09. The molecule has 0 aliphatic carbocycles. The smallest absolute Gasteiger partial charge is 0.325 e. The molecule has 1 saturated heterocycles. The van der Waals surface area contributed by atoms with E-state index >= 15 is 0 Å². The normalized spacial score (nSPS) is 16.7. The highest BCUT2D eigenvalue weighted by Crippen LogP contribution is 2.26. The van der Waals surface area contributed by atoms with Gasteiger partial charge in [0.2, 0.25) is 5.91 Å². The minimum absolute atomic E-state index is 0.0800. The van der Waals surface area contributed by atoms with Crippen molar-refractivity contribution in [3.05, 3.63) is 63.4 Å². The minimum atomic E-state index is -0.304. The lowest BCUT2D eigenvalue weighted by Gasteiger charge is -2.35. The molecule has 0 unspecified atom stereocenters. The number of benzene rings is 2. The molecule has 1 aliphatic rings. The Labute approximate surface area is 177 Å². The molecule has 4 N–H and O–H groups in total. The summed E-state index contributed by atoms with van der Waals surface area (Å²) in [4.78, 5) is 47.1. The average molecular weight is 420 g/mol. The quantitative estimate of drug-likeness (QED) is 0.404. The van der Waals surface area contributed by atoms with Crippen molar-refractivity contribution in [2.24, 2.45) is 0 Å². The highest BCUT2D eigenvalue weighted by atomic mass is 16.2. The molecule has 3 heterocycles. The Kier molecular flexibility index (Phi) is 4.74. The van der Waals surface area contributed by atoms with Crippen LogP contribution in [-0.4, -0.2) is 49.5 Å². The van der Waals surface area contributed by atoms with Crippen molar-refractivity contribution in [2.75, 3.05) is 18.4 Å². The maximum atomic E-state index is 12.8. The van der Waals surface area contributed by atoms with E-state index in [-0.39, 0.29) is 29.4 Å². The molecule has 9 nitrogen and oxygen atoms in total. The van der Waals surface area contributed by atoms with Gasteiger partial charge in [0.05, 0.1) is 28.1 Å². The number of hydrogen-bond donors (Lipinski definition) is 4. The minimum Gasteiger partial charge on any atom is -0.325 e. The number of aromatic nitrogens is 4. The van der Waals surface area contributed by atoms with E-state index in [4.69, 9.17) is 0 Å². The number of nitrogens with zero attached hydrogens (tertiary/aromatic N) is 2. The molecule has 2 aromatic carbocycles. The first-order chi connectivity index (χ1) is 15.0. The molecule has 4 aromatic rings. The number of imidazole rings is 2. The summed E-state index contributed by atoms with van der Waals surface area (Å²) in [5.41, 5.74) is 3.41. The van der Waals surface area contributed by atoms with Crippen molar-refractivity contribution in [1.82, 2.24) is 24.4 Å². The Morgan fingerprint density at radius 2 is 1.74 bits per heavy atom. The SMILES string of the molecule is C[C@H](C(=O)Nc1ccc2[nH]c(=O)[nH]c2c1)N1CCC(n2c(=O)[nH]c3ccccc32)CC1. The summed E-state index contributed by atoms with van der Waals surface area (Å²) >= 11 is 0. The van der Waals surface area contributed by atoms with Gasteiger partial charge in [0, 0.05) is 24.8 Å². The van der Waals surface area contributed by atoms with Crippen LogP contribution in [0.15, 0.2) is 52.1 Å². The van der Waals surface area contributed by atoms with Crippen molar-refractivity contribution in [3.63, 3.8) is 0 Å². The van der Waals surface area contributed by atoms with Crippen molar-refractivity contribution < 1.29 is 4.79 Å². The molecule has 0 saturated carbocycles. The maximum Gasteiger partial charge on any atom is 0.326 e. The Bertz CT molecular complexity index is 1370. The fraction of sp³-hybridized carbons (Fsp3) is 0.318. The van der Waals surface area contributed by atoms with Crippen molar-refractivity contribution in [2.45, 2.75) is 31.8 Å². The number of para-hydroxylation sites is 2. The van der Waals surface area contributed by atoms with Gasteiger partial charge in [-0.3, -0.25) is 14.3 Å². The molecule has 31 heavy (non-hydrogen) atoms. The third-order valence-electron chi connectivity index (χ3n) is 6.20. The van der Waals surface area contributed by atoms with Crippen LogP contribution in [0, 0.1) is 0 Å². The van der Waals surface area contributed by atoms with E-state index < -0.39 is 0 Å². The van der Waals surface area contributed by atoms with E-state index in [2.05, 4.69) is 25.2 Å². The summed E-state index contributed by atoms with van der Waals surface area (Å²) in [5, 5.41) is 2.94. The van der Waals surface area contributed by atoms with Crippen molar-refractivity contribution >= 4 is 33.7 Å². The Hall–Kier alpha value is -3.59. The van der Waals surface area contributed by atoms with Crippen molar-refractivity contribution in [3.8, 4) is 0 Å². The molecule has 0 bridgehead atoms. The van der Waals surface area contributed by atoms with Gasteiger partial charge in [-0.2, -0.15) is 0 Å². The number of rotatable bonds is 4. The number of carbonyl (C=O) groups excluding carboxylic acids is 1. The number of nitrogens with one attached hydrogen (secondary N) is 4. The first-order valence-corrected chi connectivity index (χ1v) is 10.5. The molecule has 1 fully saturated rings. The molecule has 1 aliphatic heterocycles. The van der Waals surface area contributed by atoms with Crippen LogP contribution in [0.25, 0.3) is 22.1 Å². The van der Waals surface area contributed by atoms with Gasteiger partial charge in [-0.25, -0.2) is 9.59 Å². The summed E-state index contributed by atoms with van der Waals surface area (Å²) in [6, 6.07) is 12.8. The standard InChI is InChI=1S/C22H24N6O3/c1-13(20(29)23-14-6-7-16-18(12-14)25-21(30)24-16)27-10-8-15(9-11-27)28-19-5-3-2-4-17(19)26-22(28)31/h2-7,12-13,15H,8-11H2,1H3,(H,23,29)(H,26,31)(H2,24,25,30)/t13-/m1/s1. The number of amides is 1. The average Bonchev–Trinajstić information content (AvgIpc) is 3.30. The first-order valence-electron chi connectivity index (χ1n) is 10.5. The molecular weight excluding hydrogens is 396 g/mol. The van der Waals surface area contributed by atoms with Gasteiger partial charge in [0.15, 0.2) is 0 Å². The first kappa shape index (κ1) is 19.4. The number of carbonyl (C=O) groups is 1. The van der Waals surface area contributed by atoms with Gasteiger partial charge in [-0.05, 0) is 50.1 Å².